The Morgan fingerprint density at radius 3 is 2.78 bits per heavy atom. The first kappa shape index (κ1) is 21.8. The second kappa shape index (κ2) is 9.01. The van der Waals surface area contributed by atoms with Crippen molar-refractivity contribution in [3.8, 4) is 6.19 Å². The summed E-state index contributed by atoms with van der Waals surface area (Å²) in [5.41, 5.74) is 3.90. The molecule has 0 atom stereocenters. The summed E-state index contributed by atoms with van der Waals surface area (Å²) in [4.78, 5) is 18.4. The summed E-state index contributed by atoms with van der Waals surface area (Å²) < 4.78 is 28.8. The second-order valence-electron chi connectivity index (χ2n) is 8.16. The second-order valence-corrected chi connectivity index (χ2v) is 8.16. The van der Waals surface area contributed by atoms with Gasteiger partial charge in [-0.3, -0.25) is 19.8 Å². The van der Waals surface area contributed by atoms with Crippen molar-refractivity contribution >= 4 is 16.8 Å². The Balaban J connectivity index is 1.59. The van der Waals surface area contributed by atoms with E-state index in [-0.39, 0.29) is 12.8 Å². The summed E-state index contributed by atoms with van der Waals surface area (Å²) in [5, 5.41) is 16.7. The Kier molecular flexibility index (Phi) is 6.15. The van der Waals surface area contributed by atoms with Crippen LogP contribution >= 0.6 is 0 Å². The zero-order chi connectivity index (χ0) is 22.7. The number of likely N-dealkylation sites (tertiary alicyclic amines) is 1. The highest BCUT2D eigenvalue weighted by atomic mass is 19.3. The molecule has 0 aliphatic carbocycles. The average molecular weight is 438 g/mol. The molecule has 0 spiro atoms. The molecular formula is C23H24F2N6O. The number of pyridine rings is 1. The predicted molar refractivity (Wildman–Crippen MR) is 115 cm³/mol. The van der Waals surface area contributed by atoms with Gasteiger partial charge in [-0.15, -0.1) is 0 Å². The van der Waals surface area contributed by atoms with E-state index < -0.39 is 11.8 Å². The molecule has 1 N–H and O–H groups in total. The van der Waals surface area contributed by atoms with Crippen LogP contribution in [0.25, 0.3) is 10.9 Å². The van der Waals surface area contributed by atoms with E-state index in [4.69, 9.17) is 10.4 Å². The van der Waals surface area contributed by atoms with Crippen molar-refractivity contribution in [2.45, 2.75) is 38.7 Å². The Morgan fingerprint density at radius 1 is 1.25 bits per heavy atom. The minimum Gasteiger partial charge on any atom is -0.301 e. The number of piperidine rings is 1. The Labute approximate surface area is 184 Å². The molecule has 1 amide bonds. The third kappa shape index (κ3) is 4.75. The van der Waals surface area contributed by atoms with Gasteiger partial charge >= 0.3 is 0 Å². The maximum absolute atomic E-state index is 13.4. The number of nitrogens with one attached hydrogen (secondary N) is 1. The quantitative estimate of drug-likeness (QED) is 0.472. The number of fused-ring (bicyclic) bond motifs is 1. The van der Waals surface area contributed by atoms with Crippen molar-refractivity contribution in [3.05, 3.63) is 59.0 Å². The Bertz CT molecular complexity index is 1170. The number of nitrogens with zero attached hydrogens (tertiary/aromatic N) is 5. The van der Waals surface area contributed by atoms with Crippen molar-refractivity contribution < 1.29 is 13.6 Å². The number of halogens is 2. The molecule has 9 heteroatoms. The highest BCUT2D eigenvalue weighted by molar-refractivity contribution is 5.96. The molecule has 2 aromatic heterocycles. The van der Waals surface area contributed by atoms with Gasteiger partial charge in [0.25, 0.3) is 11.8 Å². The summed E-state index contributed by atoms with van der Waals surface area (Å²) in [6.07, 6.45) is 4.95. The van der Waals surface area contributed by atoms with Gasteiger partial charge in [0.2, 0.25) is 0 Å². The van der Waals surface area contributed by atoms with Crippen LogP contribution in [-0.2, 0) is 13.0 Å². The van der Waals surface area contributed by atoms with Gasteiger partial charge < -0.3 is 4.90 Å². The molecule has 1 aromatic carbocycles. The fourth-order valence-electron chi connectivity index (χ4n) is 4.09. The van der Waals surface area contributed by atoms with Crippen LogP contribution in [0.1, 0.15) is 40.0 Å². The fraction of sp³-hybridized carbons (Fsp3) is 0.391. The SMILES string of the molecule is Cc1ccc2c(c1)c(Cc1cnccc1C(=O)NC#N)nn2CCN1CCC(F)(F)CC1. The first-order valence-electron chi connectivity index (χ1n) is 10.5. The Hall–Kier alpha value is -3.38. The normalized spacial score (nSPS) is 16.1. The summed E-state index contributed by atoms with van der Waals surface area (Å²) >= 11 is 0. The predicted octanol–water partition coefficient (Wildman–Crippen LogP) is 3.27. The third-order valence-corrected chi connectivity index (χ3v) is 5.87. The van der Waals surface area contributed by atoms with E-state index in [9.17, 15) is 13.6 Å². The van der Waals surface area contributed by atoms with Gasteiger partial charge in [0.15, 0.2) is 6.19 Å². The topological polar surface area (TPSA) is 86.8 Å². The smallest absolute Gasteiger partial charge is 0.264 e. The molecule has 0 saturated carbocycles. The van der Waals surface area contributed by atoms with Crippen molar-refractivity contribution in [3.63, 3.8) is 0 Å². The maximum Gasteiger partial charge on any atom is 0.264 e. The molecule has 1 aliphatic heterocycles. The number of carbonyl (C=O) groups excluding carboxylic acids is 1. The van der Waals surface area contributed by atoms with Gasteiger partial charge in [0.1, 0.15) is 0 Å². The molecule has 7 nitrogen and oxygen atoms in total. The number of carbonyl (C=O) groups is 1. The number of aryl methyl sites for hydroxylation is 1. The van der Waals surface area contributed by atoms with Crippen LogP contribution in [0.15, 0.2) is 36.7 Å². The van der Waals surface area contributed by atoms with Crippen LogP contribution in [0, 0.1) is 18.4 Å². The van der Waals surface area contributed by atoms with E-state index in [0.29, 0.717) is 43.7 Å². The van der Waals surface area contributed by atoms with E-state index >= 15 is 0 Å². The first-order valence-corrected chi connectivity index (χ1v) is 10.5. The van der Waals surface area contributed by atoms with Gasteiger partial charge in [-0.25, -0.2) is 8.78 Å². The van der Waals surface area contributed by atoms with Crippen LogP contribution in [0.3, 0.4) is 0 Å². The van der Waals surface area contributed by atoms with E-state index in [1.54, 1.807) is 18.5 Å². The summed E-state index contributed by atoms with van der Waals surface area (Å²) in [6, 6.07) is 7.67. The molecule has 0 radical (unpaired) electrons. The largest absolute Gasteiger partial charge is 0.301 e. The number of alkyl halides is 2. The van der Waals surface area contributed by atoms with E-state index in [2.05, 4.69) is 16.4 Å². The minimum absolute atomic E-state index is 0.105. The number of amides is 1. The number of nitriles is 1. The van der Waals surface area contributed by atoms with Crippen molar-refractivity contribution in [2.24, 2.45) is 0 Å². The molecule has 0 unspecified atom stereocenters. The van der Waals surface area contributed by atoms with Gasteiger partial charge in [0, 0.05) is 62.2 Å². The van der Waals surface area contributed by atoms with E-state index in [1.807, 2.05) is 28.6 Å². The molecular weight excluding hydrogens is 414 g/mol. The van der Waals surface area contributed by atoms with Crippen LogP contribution in [0.4, 0.5) is 8.78 Å². The number of rotatable bonds is 6. The highest BCUT2D eigenvalue weighted by Gasteiger charge is 2.33. The number of hydrogen-bond acceptors (Lipinski definition) is 5. The monoisotopic (exact) mass is 438 g/mol. The summed E-state index contributed by atoms with van der Waals surface area (Å²) in [5.74, 6) is -3.04. The standard InChI is InChI=1S/C23H24F2N6O/c1-16-2-3-21-19(12-16)20(13-17-14-27-7-4-18(17)22(32)28-15-26)29-31(21)11-10-30-8-5-23(24,25)6-9-30/h2-4,7,12,14H,5-6,8-11,13H2,1H3,(H,28,32). The van der Waals surface area contributed by atoms with Gasteiger partial charge in [0.05, 0.1) is 17.8 Å². The molecule has 1 fully saturated rings. The van der Waals surface area contributed by atoms with E-state index in [1.165, 1.54) is 6.20 Å². The summed E-state index contributed by atoms with van der Waals surface area (Å²) in [7, 11) is 0. The molecule has 32 heavy (non-hydrogen) atoms. The van der Waals surface area contributed by atoms with Gasteiger partial charge in [-0.1, -0.05) is 11.6 Å². The van der Waals surface area contributed by atoms with Gasteiger partial charge in [-0.2, -0.15) is 10.4 Å². The number of aromatic nitrogens is 3. The van der Waals surface area contributed by atoms with Crippen LogP contribution in [0.2, 0.25) is 0 Å². The molecule has 166 valence electrons. The van der Waals surface area contributed by atoms with Crippen molar-refractivity contribution in [1.82, 2.24) is 25.0 Å². The molecule has 3 heterocycles. The van der Waals surface area contributed by atoms with E-state index in [0.717, 1.165) is 22.2 Å². The van der Waals surface area contributed by atoms with Crippen LogP contribution in [0.5, 0.6) is 0 Å². The van der Waals surface area contributed by atoms with Crippen LogP contribution in [-0.4, -0.2) is 51.1 Å². The maximum atomic E-state index is 13.4. The zero-order valence-electron chi connectivity index (χ0n) is 17.8. The lowest BCUT2D eigenvalue weighted by molar-refractivity contribution is -0.0555. The fourth-order valence-corrected chi connectivity index (χ4v) is 4.09. The van der Waals surface area contributed by atoms with Crippen molar-refractivity contribution in [2.75, 3.05) is 19.6 Å². The summed E-state index contributed by atoms with van der Waals surface area (Å²) in [6.45, 7) is 3.99. The minimum atomic E-state index is -2.56. The van der Waals surface area contributed by atoms with Crippen LogP contribution < -0.4 is 5.32 Å². The zero-order valence-corrected chi connectivity index (χ0v) is 17.8. The molecule has 0 bridgehead atoms. The molecule has 1 saturated heterocycles. The average Bonchev–Trinajstić information content (AvgIpc) is 3.10. The number of hydrogen-bond donors (Lipinski definition) is 1. The molecule has 1 aliphatic rings. The molecule has 3 aromatic rings. The van der Waals surface area contributed by atoms with Gasteiger partial charge in [-0.05, 0) is 30.7 Å². The third-order valence-electron chi connectivity index (χ3n) is 5.87. The lowest BCUT2D eigenvalue weighted by Crippen LogP contribution is -2.40. The Morgan fingerprint density at radius 2 is 2.03 bits per heavy atom. The molecule has 4 rings (SSSR count). The first-order chi connectivity index (χ1) is 15.4. The van der Waals surface area contributed by atoms with Crippen molar-refractivity contribution in [1.29, 1.82) is 5.26 Å². The lowest BCUT2D eigenvalue weighted by atomic mass is 10.0. The highest BCUT2D eigenvalue weighted by Crippen LogP contribution is 2.28. The number of benzene rings is 1. The lowest BCUT2D eigenvalue weighted by Gasteiger charge is -2.31.